The van der Waals surface area contributed by atoms with Gasteiger partial charge in [-0.25, -0.2) is 13.2 Å². The Morgan fingerprint density at radius 1 is 1.21 bits per heavy atom. The van der Waals surface area contributed by atoms with Crippen LogP contribution in [0.4, 0.5) is 18.9 Å². The molecule has 7 nitrogen and oxygen atoms in total. The molecular formula is C28H35F3N4O3. The van der Waals surface area contributed by atoms with Crippen molar-refractivity contribution in [3.63, 3.8) is 0 Å². The number of primary amides is 1. The van der Waals surface area contributed by atoms with Gasteiger partial charge >= 0.3 is 0 Å². The van der Waals surface area contributed by atoms with E-state index in [0.29, 0.717) is 25.1 Å². The van der Waals surface area contributed by atoms with Gasteiger partial charge in [0.2, 0.25) is 0 Å². The lowest BCUT2D eigenvalue weighted by Gasteiger charge is -2.38. The zero-order valence-electron chi connectivity index (χ0n) is 22.2. The minimum absolute atomic E-state index is 0.0776. The summed E-state index contributed by atoms with van der Waals surface area (Å²) < 4.78 is 49.7. The molecule has 3 aliphatic rings. The average molecular weight is 533 g/mol. The molecule has 0 bridgehead atoms. The predicted octanol–water partition coefficient (Wildman–Crippen LogP) is 4.28. The molecule has 5 rings (SSSR count). The highest BCUT2D eigenvalue weighted by atomic mass is 19.3. The Balaban J connectivity index is 1.61. The number of anilines is 1. The van der Waals surface area contributed by atoms with Gasteiger partial charge in [0.1, 0.15) is 5.82 Å². The number of carbonyl (C=O) groups is 1. The van der Waals surface area contributed by atoms with Crippen LogP contribution in [-0.4, -0.2) is 53.8 Å². The molecule has 10 heteroatoms. The second kappa shape index (κ2) is 9.72. The second-order valence-electron chi connectivity index (χ2n) is 11.6. The van der Waals surface area contributed by atoms with E-state index >= 15 is 4.39 Å². The van der Waals surface area contributed by atoms with Crippen molar-refractivity contribution in [3.05, 3.63) is 63.3 Å². The molecular weight excluding hydrogens is 497 g/mol. The monoisotopic (exact) mass is 532 g/mol. The molecule has 3 unspecified atom stereocenters. The molecule has 1 aromatic heterocycles. The third-order valence-electron chi connectivity index (χ3n) is 8.48. The fraction of sp³-hybridized carbons (Fsp3) is 0.571. The van der Waals surface area contributed by atoms with E-state index in [0.717, 1.165) is 19.2 Å². The Morgan fingerprint density at radius 2 is 1.87 bits per heavy atom. The number of hydrogen-bond acceptors (Lipinski definition) is 5. The van der Waals surface area contributed by atoms with Crippen LogP contribution in [0.15, 0.2) is 35.3 Å². The summed E-state index contributed by atoms with van der Waals surface area (Å²) in [6.45, 7) is 7.77. The molecule has 2 aromatic rings. The van der Waals surface area contributed by atoms with Crippen molar-refractivity contribution < 1.29 is 22.7 Å². The van der Waals surface area contributed by atoms with E-state index in [2.05, 4.69) is 4.90 Å². The van der Waals surface area contributed by atoms with Crippen molar-refractivity contribution >= 4 is 11.6 Å². The Morgan fingerprint density at radius 3 is 2.47 bits per heavy atom. The van der Waals surface area contributed by atoms with Gasteiger partial charge in [0.25, 0.3) is 17.9 Å². The molecule has 1 amide bonds. The molecule has 1 aliphatic carbocycles. The summed E-state index contributed by atoms with van der Waals surface area (Å²) in [4.78, 5) is 30.4. The standard InChI is InChI=1S/C28H35F3N4O3/c1-15(17-6-5-7-18(24(17)29)26(30)31)35(25-19-12-33(4)13-20(19)25)22-10-23(36)34(14-21(22)27(32)37)16-8-9-38-28(2,3)11-16/h5-7,10,14-16,19-20,25-26H,8-9,11-13H2,1-4H3,(H2,32,37)/t15-,16?,19?,20?,25?/m1/s1. The number of nitrogens with zero attached hydrogens (tertiary/aromatic N) is 3. The van der Waals surface area contributed by atoms with Crippen LogP contribution >= 0.6 is 0 Å². The Kier molecular flexibility index (Phi) is 6.84. The second-order valence-corrected chi connectivity index (χ2v) is 11.6. The van der Waals surface area contributed by atoms with Gasteiger partial charge in [-0.3, -0.25) is 9.59 Å². The first kappa shape index (κ1) is 26.7. The number of aromatic nitrogens is 1. The number of alkyl halides is 2. The SMILES string of the molecule is C[C@H](c1cccc(C(F)F)c1F)N(c1cc(=O)n(C2CCOC(C)(C)C2)cc1C(N)=O)C1C2CN(C)CC21. The molecule has 1 saturated carbocycles. The van der Waals surface area contributed by atoms with Gasteiger partial charge in [-0.15, -0.1) is 0 Å². The third kappa shape index (κ3) is 4.73. The van der Waals surface area contributed by atoms with Crippen molar-refractivity contribution in [3.8, 4) is 0 Å². The molecule has 0 radical (unpaired) electrons. The first-order valence-electron chi connectivity index (χ1n) is 13.1. The summed E-state index contributed by atoms with van der Waals surface area (Å²) in [7, 11) is 2.02. The maximum absolute atomic E-state index is 15.3. The van der Waals surface area contributed by atoms with Crippen LogP contribution in [0, 0.1) is 17.7 Å². The van der Waals surface area contributed by atoms with E-state index in [-0.39, 0.29) is 40.6 Å². The molecule has 38 heavy (non-hydrogen) atoms. The number of halogens is 3. The molecule has 206 valence electrons. The minimum Gasteiger partial charge on any atom is -0.375 e. The normalized spacial score (nSPS) is 27.3. The maximum Gasteiger partial charge on any atom is 0.266 e. The summed E-state index contributed by atoms with van der Waals surface area (Å²) >= 11 is 0. The molecule has 3 heterocycles. The zero-order valence-corrected chi connectivity index (χ0v) is 22.2. The summed E-state index contributed by atoms with van der Waals surface area (Å²) in [5.41, 5.74) is 5.04. The molecule has 3 fully saturated rings. The average Bonchev–Trinajstić information content (AvgIpc) is 3.31. The maximum atomic E-state index is 15.3. The minimum atomic E-state index is -2.96. The lowest BCUT2D eigenvalue weighted by Crippen LogP contribution is -2.41. The molecule has 2 aliphatic heterocycles. The number of carbonyl (C=O) groups excluding carboxylic acids is 1. The van der Waals surface area contributed by atoms with E-state index in [1.165, 1.54) is 24.4 Å². The lowest BCUT2D eigenvalue weighted by molar-refractivity contribution is -0.0695. The largest absolute Gasteiger partial charge is 0.375 e. The molecule has 2 saturated heterocycles. The smallest absolute Gasteiger partial charge is 0.266 e. The van der Waals surface area contributed by atoms with Crippen molar-refractivity contribution in [1.29, 1.82) is 0 Å². The number of nitrogens with two attached hydrogens (primary N) is 1. The fourth-order valence-corrected chi connectivity index (χ4v) is 6.62. The number of piperidine rings is 1. The predicted molar refractivity (Wildman–Crippen MR) is 138 cm³/mol. The van der Waals surface area contributed by atoms with Gasteiger partial charge in [0.05, 0.1) is 28.5 Å². The zero-order chi connectivity index (χ0) is 27.5. The highest BCUT2D eigenvalue weighted by Crippen LogP contribution is 2.53. The van der Waals surface area contributed by atoms with Gasteiger partial charge in [-0.05, 0) is 52.5 Å². The van der Waals surface area contributed by atoms with Crippen molar-refractivity contribution in [1.82, 2.24) is 9.47 Å². The number of benzene rings is 1. The van der Waals surface area contributed by atoms with Gasteiger partial charge in [-0.2, -0.15) is 0 Å². The number of pyridine rings is 1. The van der Waals surface area contributed by atoms with E-state index in [4.69, 9.17) is 10.5 Å². The molecule has 0 spiro atoms. The van der Waals surface area contributed by atoms with Crippen molar-refractivity contribution in [2.75, 3.05) is 31.6 Å². The number of rotatable bonds is 7. The van der Waals surface area contributed by atoms with E-state index < -0.39 is 35.4 Å². The summed E-state index contributed by atoms with van der Waals surface area (Å²) in [6, 6.07) is 4.42. The Hall–Kier alpha value is -2.85. The molecule has 2 N–H and O–H groups in total. The van der Waals surface area contributed by atoms with Crippen LogP contribution in [0.5, 0.6) is 0 Å². The van der Waals surface area contributed by atoms with Crippen molar-refractivity contribution in [2.24, 2.45) is 17.6 Å². The van der Waals surface area contributed by atoms with Gasteiger partial charge in [0.15, 0.2) is 0 Å². The van der Waals surface area contributed by atoms with Crippen LogP contribution in [0.25, 0.3) is 0 Å². The number of fused-ring (bicyclic) bond motifs is 1. The van der Waals surface area contributed by atoms with Gasteiger partial charge in [0, 0.05) is 49.6 Å². The van der Waals surface area contributed by atoms with Crippen LogP contribution in [0.1, 0.15) is 73.6 Å². The third-order valence-corrected chi connectivity index (χ3v) is 8.48. The highest BCUT2D eigenvalue weighted by Gasteiger charge is 2.59. The first-order valence-corrected chi connectivity index (χ1v) is 13.1. The van der Waals surface area contributed by atoms with Crippen LogP contribution in [0.3, 0.4) is 0 Å². The number of amides is 1. The van der Waals surface area contributed by atoms with Crippen LogP contribution in [-0.2, 0) is 4.74 Å². The van der Waals surface area contributed by atoms with E-state index in [1.54, 1.807) is 11.5 Å². The Labute approximate surface area is 220 Å². The molecule has 1 aromatic carbocycles. The Bertz CT molecular complexity index is 1280. The highest BCUT2D eigenvalue weighted by molar-refractivity contribution is 5.98. The lowest BCUT2D eigenvalue weighted by atomic mass is 9.93. The molecule has 4 atom stereocenters. The number of hydrogen-bond donors (Lipinski definition) is 1. The topological polar surface area (TPSA) is 80.8 Å². The van der Waals surface area contributed by atoms with Gasteiger partial charge in [-0.1, -0.05) is 18.2 Å². The quantitative estimate of drug-likeness (QED) is 0.576. The van der Waals surface area contributed by atoms with Crippen LogP contribution < -0.4 is 16.2 Å². The van der Waals surface area contributed by atoms with Gasteiger partial charge < -0.3 is 24.8 Å². The van der Waals surface area contributed by atoms with E-state index in [1.807, 2.05) is 25.8 Å². The summed E-state index contributed by atoms with van der Waals surface area (Å²) in [6.07, 6.45) is -0.235. The summed E-state index contributed by atoms with van der Waals surface area (Å²) in [5.74, 6) is -1.17. The van der Waals surface area contributed by atoms with Crippen molar-refractivity contribution in [2.45, 2.75) is 63.8 Å². The first-order chi connectivity index (χ1) is 17.9. The number of ether oxygens (including phenoxy) is 1. The fourth-order valence-electron chi connectivity index (χ4n) is 6.62. The van der Waals surface area contributed by atoms with Crippen LogP contribution in [0.2, 0.25) is 0 Å². The number of likely N-dealkylation sites (tertiary alicyclic amines) is 1. The van der Waals surface area contributed by atoms with E-state index in [9.17, 15) is 18.4 Å². The summed E-state index contributed by atoms with van der Waals surface area (Å²) in [5, 5.41) is 0.